The van der Waals surface area contributed by atoms with Gasteiger partial charge in [-0.1, -0.05) is 25.5 Å². The van der Waals surface area contributed by atoms with E-state index in [2.05, 4.69) is 13.5 Å². The predicted octanol–water partition coefficient (Wildman–Crippen LogP) is 3.89. The first kappa shape index (κ1) is 17.8. The van der Waals surface area contributed by atoms with Crippen molar-refractivity contribution < 1.29 is 13.6 Å². The Hall–Kier alpha value is -0.163. The quantitative estimate of drug-likeness (QED) is 0.307. The van der Waals surface area contributed by atoms with E-state index in [0.717, 1.165) is 50.3 Å². The normalized spacial score (nSPS) is 11.8. The van der Waals surface area contributed by atoms with E-state index in [4.69, 9.17) is 13.6 Å². The van der Waals surface area contributed by atoms with Crippen LogP contribution in [0.1, 0.15) is 40.5 Å². The van der Waals surface area contributed by atoms with Gasteiger partial charge in [0, 0.05) is 19.8 Å². The predicted molar refractivity (Wildman–Crippen MR) is 79.2 cm³/mol. The Balaban J connectivity index is 4.08. The second-order valence-corrected chi connectivity index (χ2v) is 8.04. The Morgan fingerprint density at radius 1 is 1.06 bits per heavy atom. The lowest BCUT2D eigenvalue weighted by Gasteiger charge is -2.29. The maximum atomic E-state index is 5.98. The molecule has 0 aliphatic carbocycles. The molecular formula is C14H30O3Si. The fraction of sp³-hybridized carbons (Fsp3) is 0.857. The molecule has 0 saturated carbocycles. The molecule has 0 aromatic carbocycles. The van der Waals surface area contributed by atoms with Crippen LogP contribution in [-0.2, 0) is 13.6 Å². The van der Waals surface area contributed by atoms with Crippen molar-refractivity contribution in [3.63, 3.8) is 0 Å². The molecule has 18 heavy (non-hydrogen) atoms. The van der Waals surface area contributed by atoms with E-state index in [9.17, 15) is 0 Å². The fourth-order valence-electron chi connectivity index (χ4n) is 2.05. The van der Waals surface area contributed by atoms with E-state index in [1.54, 1.807) is 0 Å². The molecular weight excluding hydrogens is 244 g/mol. The van der Waals surface area contributed by atoms with Crippen molar-refractivity contribution in [3.05, 3.63) is 12.2 Å². The molecule has 0 bridgehead atoms. The molecule has 0 aliphatic rings. The highest BCUT2D eigenvalue weighted by molar-refractivity contribution is 6.67. The molecule has 0 spiro atoms. The summed E-state index contributed by atoms with van der Waals surface area (Å²) in [6.07, 6.45) is 2.14. The van der Waals surface area contributed by atoms with Gasteiger partial charge in [-0.15, -0.1) is 0 Å². The number of hydrogen-bond acceptors (Lipinski definition) is 3. The maximum Gasteiger partial charge on any atom is 0.338 e. The highest BCUT2D eigenvalue weighted by Crippen LogP contribution is 2.23. The molecule has 0 saturated heterocycles. The monoisotopic (exact) mass is 274 g/mol. The zero-order valence-corrected chi connectivity index (χ0v) is 13.6. The zero-order chi connectivity index (χ0) is 13.9. The van der Waals surface area contributed by atoms with Crippen LogP contribution in [0.2, 0.25) is 12.1 Å². The van der Waals surface area contributed by atoms with Crippen LogP contribution in [0.4, 0.5) is 0 Å². The minimum absolute atomic E-state index is 0.658. The third kappa shape index (κ3) is 8.03. The Labute approximate surface area is 114 Å². The van der Waals surface area contributed by atoms with Crippen LogP contribution in [-0.4, -0.2) is 35.0 Å². The van der Waals surface area contributed by atoms with Crippen molar-refractivity contribution in [2.45, 2.75) is 52.6 Å². The van der Waals surface area contributed by atoms with Crippen LogP contribution >= 0.6 is 0 Å². The standard InChI is InChI=1S/C14H30O3Si/c1-6-11-18(16-7-2,17-8-3)12-9-10-15-13-14(4)5/h4,6-13H2,1-3,5H3. The van der Waals surface area contributed by atoms with Gasteiger partial charge in [0.1, 0.15) is 0 Å². The average molecular weight is 274 g/mol. The first-order valence-electron chi connectivity index (χ1n) is 7.10. The van der Waals surface area contributed by atoms with Gasteiger partial charge >= 0.3 is 8.56 Å². The molecule has 0 unspecified atom stereocenters. The van der Waals surface area contributed by atoms with E-state index < -0.39 is 8.56 Å². The molecule has 3 nitrogen and oxygen atoms in total. The molecule has 0 radical (unpaired) electrons. The molecule has 0 amide bonds. The summed E-state index contributed by atoms with van der Waals surface area (Å²) in [5.41, 5.74) is 1.07. The summed E-state index contributed by atoms with van der Waals surface area (Å²) in [5, 5.41) is 0. The summed E-state index contributed by atoms with van der Waals surface area (Å²) >= 11 is 0. The molecule has 108 valence electrons. The minimum Gasteiger partial charge on any atom is -0.394 e. The lowest BCUT2D eigenvalue weighted by Crippen LogP contribution is -2.42. The summed E-state index contributed by atoms with van der Waals surface area (Å²) in [6, 6.07) is 2.11. The first-order chi connectivity index (χ1) is 8.60. The Bertz CT molecular complexity index is 202. The topological polar surface area (TPSA) is 27.7 Å². The SMILES string of the molecule is C=C(C)COCCC[Si](CCC)(OCC)OCC. The van der Waals surface area contributed by atoms with Crippen LogP contribution in [0.3, 0.4) is 0 Å². The van der Waals surface area contributed by atoms with Crippen molar-refractivity contribution in [3.8, 4) is 0 Å². The van der Waals surface area contributed by atoms with Gasteiger partial charge in [-0.05, 0) is 39.3 Å². The van der Waals surface area contributed by atoms with E-state index in [1.807, 2.05) is 20.8 Å². The van der Waals surface area contributed by atoms with E-state index in [0.29, 0.717) is 6.61 Å². The zero-order valence-electron chi connectivity index (χ0n) is 12.6. The van der Waals surface area contributed by atoms with Crippen molar-refractivity contribution >= 4 is 8.56 Å². The molecule has 0 N–H and O–H groups in total. The third-order valence-electron chi connectivity index (χ3n) is 2.64. The maximum absolute atomic E-state index is 5.98. The number of ether oxygens (including phenoxy) is 1. The number of rotatable bonds is 12. The van der Waals surface area contributed by atoms with Crippen molar-refractivity contribution in [1.82, 2.24) is 0 Å². The van der Waals surface area contributed by atoms with Gasteiger partial charge in [0.15, 0.2) is 0 Å². The van der Waals surface area contributed by atoms with Gasteiger partial charge in [0.2, 0.25) is 0 Å². The highest BCUT2D eigenvalue weighted by atomic mass is 28.4. The van der Waals surface area contributed by atoms with Gasteiger partial charge < -0.3 is 13.6 Å². The van der Waals surface area contributed by atoms with Gasteiger partial charge in [-0.25, -0.2) is 0 Å². The largest absolute Gasteiger partial charge is 0.394 e. The molecule has 0 rings (SSSR count). The molecule has 0 fully saturated rings. The van der Waals surface area contributed by atoms with Crippen molar-refractivity contribution in [2.75, 3.05) is 26.4 Å². The lowest BCUT2D eigenvalue weighted by atomic mass is 10.4. The van der Waals surface area contributed by atoms with Crippen LogP contribution in [0.15, 0.2) is 12.2 Å². The smallest absolute Gasteiger partial charge is 0.338 e. The van der Waals surface area contributed by atoms with Crippen molar-refractivity contribution in [2.24, 2.45) is 0 Å². The third-order valence-corrected chi connectivity index (χ3v) is 6.65. The minimum atomic E-state index is -1.98. The molecule has 0 atom stereocenters. The van der Waals surface area contributed by atoms with E-state index >= 15 is 0 Å². The fourth-order valence-corrected chi connectivity index (χ4v) is 5.46. The van der Waals surface area contributed by atoms with Gasteiger partial charge in [-0.2, -0.15) is 0 Å². The number of hydrogen-bond donors (Lipinski definition) is 0. The summed E-state index contributed by atoms with van der Waals surface area (Å²) in [5.74, 6) is 0. The molecule has 0 aliphatic heterocycles. The highest BCUT2D eigenvalue weighted by Gasteiger charge is 2.35. The Morgan fingerprint density at radius 2 is 1.67 bits per heavy atom. The van der Waals surface area contributed by atoms with Gasteiger partial charge in [0.05, 0.1) is 6.61 Å². The van der Waals surface area contributed by atoms with Crippen molar-refractivity contribution in [1.29, 1.82) is 0 Å². The lowest BCUT2D eigenvalue weighted by molar-refractivity contribution is 0.146. The summed E-state index contributed by atoms with van der Waals surface area (Å²) < 4.78 is 17.5. The van der Waals surface area contributed by atoms with Crippen LogP contribution < -0.4 is 0 Å². The molecule has 0 aromatic heterocycles. The second-order valence-electron chi connectivity index (χ2n) is 4.64. The van der Waals surface area contributed by atoms with Gasteiger partial charge in [0.25, 0.3) is 0 Å². The summed E-state index contributed by atoms with van der Waals surface area (Å²) in [6.45, 7) is 15.0. The molecule has 4 heteroatoms. The van der Waals surface area contributed by atoms with Crippen LogP contribution in [0.5, 0.6) is 0 Å². The van der Waals surface area contributed by atoms with E-state index in [1.165, 1.54) is 0 Å². The molecule has 0 aromatic rings. The average Bonchev–Trinajstić information content (AvgIpc) is 2.29. The second kappa shape index (κ2) is 10.7. The summed E-state index contributed by atoms with van der Waals surface area (Å²) in [7, 11) is -1.98. The van der Waals surface area contributed by atoms with Crippen LogP contribution in [0.25, 0.3) is 0 Å². The van der Waals surface area contributed by atoms with Crippen LogP contribution in [0, 0.1) is 0 Å². The Morgan fingerprint density at radius 3 is 2.11 bits per heavy atom. The Kier molecular flexibility index (Phi) is 10.6. The van der Waals surface area contributed by atoms with E-state index in [-0.39, 0.29) is 0 Å². The first-order valence-corrected chi connectivity index (χ1v) is 9.33. The molecule has 0 heterocycles. The summed E-state index contributed by atoms with van der Waals surface area (Å²) in [4.78, 5) is 0. The van der Waals surface area contributed by atoms with Gasteiger partial charge in [-0.3, -0.25) is 0 Å².